The Kier molecular flexibility index (Phi) is 14.4. The van der Waals surface area contributed by atoms with Crippen molar-refractivity contribution in [2.24, 2.45) is 0 Å². The van der Waals surface area contributed by atoms with Gasteiger partial charge in [0.15, 0.2) is 0 Å². The summed E-state index contributed by atoms with van der Waals surface area (Å²) in [7, 11) is -1.23. The summed E-state index contributed by atoms with van der Waals surface area (Å²) in [4.78, 5) is 0. The molecule has 7 rings (SSSR count). The van der Waals surface area contributed by atoms with E-state index in [1.54, 1.807) is 38.0 Å². The number of benzene rings is 2. The predicted octanol–water partition coefficient (Wildman–Crippen LogP) is 3.70. The molecule has 9 atom stereocenters. The molecule has 252 valence electrons. The fourth-order valence-corrected chi connectivity index (χ4v) is 8.04. The van der Waals surface area contributed by atoms with E-state index in [0.29, 0.717) is 23.8 Å². The highest BCUT2D eigenvalue weighted by atomic mass is 35.9. The second-order valence-electron chi connectivity index (χ2n) is 11.0. The third-order valence-corrected chi connectivity index (χ3v) is 11.7. The third-order valence-electron chi connectivity index (χ3n) is 7.71. The van der Waals surface area contributed by atoms with Gasteiger partial charge in [0.2, 0.25) is 7.37 Å². The molecule has 0 saturated carbocycles. The number of fused-ring (bicyclic) bond motifs is 2. The molecule has 0 amide bonds. The molecule has 2 aromatic rings. The summed E-state index contributed by atoms with van der Waals surface area (Å²) in [5.41, 5.74) is 0. The number of ether oxygens (including phenoxy) is 6. The second-order valence-corrected chi connectivity index (χ2v) is 18.3. The summed E-state index contributed by atoms with van der Waals surface area (Å²) >= 11 is 10.8. The maximum Gasteiger partial charge on any atom is 0.281 e. The first kappa shape index (κ1) is 36.9. The second kappa shape index (κ2) is 17.5. The molecular formula is C30H42Cl2O11P2. The van der Waals surface area contributed by atoms with Crippen molar-refractivity contribution >= 4 is 46.3 Å². The summed E-state index contributed by atoms with van der Waals surface area (Å²) in [6.07, 6.45) is 0.157. The third kappa shape index (κ3) is 10.6. The number of hydrogen-bond donors (Lipinski definition) is 2. The number of methoxy groups -OCH3 is 1. The first-order chi connectivity index (χ1) is 21.5. The molecule has 5 saturated heterocycles. The highest BCUT2D eigenvalue weighted by molar-refractivity contribution is 8.13. The lowest BCUT2D eigenvalue weighted by molar-refractivity contribution is -0.0134. The van der Waals surface area contributed by atoms with Crippen LogP contribution in [0.4, 0.5) is 0 Å². The minimum Gasteiger partial charge on any atom is -0.388 e. The Morgan fingerprint density at radius 2 is 1.13 bits per heavy atom. The van der Waals surface area contributed by atoms with Crippen LogP contribution in [-0.4, -0.2) is 112 Å². The maximum atomic E-state index is 12.7. The predicted molar refractivity (Wildman–Crippen MR) is 172 cm³/mol. The number of halogens is 2. The highest BCUT2D eigenvalue weighted by Gasteiger charge is 2.50. The first-order valence-corrected chi connectivity index (χ1v) is 20.4. The quantitative estimate of drug-likeness (QED) is 0.439. The lowest BCUT2D eigenvalue weighted by Gasteiger charge is -2.21. The normalized spacial score (nSPS) is 32.9. The highest BCUT2D eigenvalue weighted by Crippen LogP contribution is 2.55. The van der Waals surface area contributed by atoms with E-state index in [1.807, 2.05) is 36.4 Å². The Morgan fingerprint density at radius 1 is 0.689 bits per heavy atom. The monoisotopic (exact) mass is 710 g/mol. The number of aliphatic hydroxyl groups is 2. The molecule has 5 aliphatic heterocycles. The van der Waals surface area contributed by atoms with Gasteiger partial charge >= 0.3 is 0 Å². The fourth-order valence-electron chi connectivity index (χ4n) is 5.31. The zero-order valence-electron chi connectivity index (χ0n) is 25.3. The molecule has 0 aromatic heterocycles. The van der Waals surface area contributed by atoms with Crippen molar-refractivity contribution in [3.8, 4) is 0 Å². The number of rotatable bonds is 5. The summed E-state index contributed by atoms with van der Waals surface area (Å²) in [6, 6.07) is 17.8. The van der Waals surface area contributed by atoms with Crippen molar-refractivity contribution in [2.45, 2.75) is 61.7 Å². The van der Waals surface area contributed by atoms with Gasteiger partial charge in [0.05, 0.1) is 26.4 Å². The summed E-state index contributed by atoms with van der Waals surface area (Å²) < 4.78 is 61.3. The van der Waals surface area contributed by atoms with Gasteiger partial charge in [-0.15, -0.1) is 0 Å². The van der Waals surface area contributed by atoms with Crippen LogP contribution >= 0.6 is 35.7 Å². The van der Waals surface area contributed by atoms with Gasteiger partial charge < -0.3 is 43.2 Å². The van der Waals surface area contributed by atoms with Crippen molar-refractivity contribution in [1.29, 1.82) is 0 Å². The van der Waals surface area contributed by atoms with Crippen LogP contribution in [0.5, 0.6) is 0 Å². The van der Waals surface area contributed by atoms with E-state index in [2.05, 4.69) is 0 Å². The molecule has 2 aromatic carbocycles. The van der Waals surface area contributed by atoms with Crippen LogP contribution in [0.15, 0.2) is 60.7 Å². The van der Waals surface area contributed by atoms with Crippen LogP contribution in [0.2, 0.25) is 0 Å². The van der Waals surface area contributed by atoms with Crippen molar-refractivity contribution < 1.29 is 52.3 Å². The Labute approximate surface area is 273 Å². The maximum absolute atomic E-state index is 12.7. The van der Waals surface area contributed by atoms with Gasteiger partial charge in [0, 0.05) is 37.6 Å². The van der Waals surface area contributed by atoms with E-state index in [-0.39, 0.29) is 49.8 Å². The molecule has 0 bridgehead atoms. The van der Waals surface area contributed by atoms with E-state index in [4.69, 9.17) is 65.6 Å². The summed E-state index contributed by atoms with van der Waals surface area (Å²) in [5, 5.41) is 19.5. The van der Waals surface area contributed by atoms with Gasteiger partial charge in [-0.2, -0.15) is 0 Å². The van der Waals surface area contributed by atoms with E-state index < -0.39 is 25.4 Å². The molecule has 5 aliphatic rings. The van der Waals surface area contributed by atoms with Crippen LogP contribution in [0.25, 0.3) is 0 Å². The molecule has 5 fully saturated rings. The van der Waals surface area contributed by atoms with E-state index in [9.17, 15) is 9.13 Å². The van der Waals surface area contributed by atoms with E-state index in [1.165, 1.54) is 12.8 Å². The van der Waals surface area contributed by atoms with Crippen molar-refractivity contribution in [2.75, 3.05) is 53.4 Å². The molecule has 11 nitrogen and oxygen atoms in total. The topological polar surface area (TPSA) is 139 Å². The average Bonchev–Trinajstić information content (AvgIpc) is 3.87. The molecule has 1 unspecified atom stereocenters. The van der Waals surface area contributed by atoms with Gasteiger partial charge in [-0.25, -0.2) is 0 Å². The van der Waals surface area contributed by atoms with Crippen LogP contribution in [-0.2, 0) is 42.1 Å². The lowest BCUT2D eigenvalue weighted by Crippen LogP contribution is -2.33. The Morgan fingerprint density at radius 3 is 1.56 bits per heavy atom. The SMILES string of the molecule is C1CCOC1.CO[C@H]1CO[C@H]2[C@@H]1OC[C@H]2OP(C)(=O)c1ccccc1.O=P(Cl)(Cl)c1ccccc1.O[C@@H]1CO[C@H]2[C@@H]1OC[C@@H]2O. The largest absolute Gasteiger partial charge is 0.388 e. The molecule has 0 spiro atoms. The van der Waals surface area contributed by atoms with Crippen LogP contribution in [0.3, 0.4) is 0 Å². The average molecular weight is 712 g/mol. The van der Waals surface area contributed by atoms with Gasteiger partial charge in [-0.05, 0) is 59.6 Å². The smallest absolute Gasteiger partial charge is 0.281 e. The molecule has 15 heteroatoms. The Hall–Kier alpha value is -0.880. The first-order valence-electron chi connectivity index (χ1n) is 14.8. The van der Waals surface area contributed by atoms with Gasteiger partial charge in [-0.3, -0.25) is 9.13 Å². The van der Waals surface area contributed by atoms with Gasteiger partial charge in [-0.1, -0.05) is 36.4 Å². The zero-order valence-corrected chi connectivity index (χ0v) is 28.6. The van der Waals surface area contributed by atoms with E-state index in [0.717, 1.165) is 13.2 Å². The molecule has 2 N–H and O–H groups in total. The van der Waals surface area contributed by atoms with Crippen LogP contribution in [0, 0.1) is 0 Å². The minimum absolute atomic E-state index is 0.0680. The summed E-state index contributed by atoms with van der Waals surface area (Å²) in [5.74, 6) is -3.07. The molecule has 0 radical (unpaired) electrons. The number of aliphatic hydroxyl groups excluding tert-OH is 2. The fraction of sp³-hybridized carbons (Fsp3) is 0.600. The van der Waals surface area contributed by atoms with Crippen molar-refractivity contribution in [1.82, 2.24) is 0 Å². The van der Waals surface area contributed by atoms with Crippen LogP contribution < -0.4 is 10.6 Å². The zero-order chi connectivity index (χ0) is 32.5. The number of hydrogen-bond acceptors (Lipinski definition) is 11. The molecule has 0 aliphatic carbocycles. The minimum atomic E-state index is -3.07. The van der Waals surface area contributed by atoms with Gasteiger partial charge in [0.25, 0.3) is 5.85 Å². The molecule has 5 heterocycles. The van der Waals surface area contributed by atoms with Crippen LogP contribution in [0.1, 0.15) is 12.8 Å². The van der Waals surface area contributed by atoms with Gasteiger partial charge in [0.1, 0.15) is 48.8 Å². The lowest BCUT2D eigenvalue weighted by atomic mass is 10.1. The van der Waals surface area contributed by atoms with Crippen molar-refractivity contribution in [3.05, 3.63) is 60.7 Å². The standard InChI is InChI=1S/C14H19O5P.C6H5Cl2OP.C6H10O4.C4H8O/c1-16-11-8-17-14-12(9-18-13(11)14)19-20(2,15)10-6-4-3-5-7-10;7-10(8,9)6-4-2-1-3-5-6;7-3-1-9-6-4(8)2-10-5(3)6;1-2-4-5-3-1/h3-7,11-14H,8-9H2,1-2H3;1-5H;3-8H,1-2H2;1-4H2/t11-,12+,13+,14+,20?;;3-,4+,5-,6-;/m0.1./s1. The molecule has 45 heavy (non-hydrogen) atoms. The summed E-state index contributed by atoms with van der Waals surface area (Å²) in [6.45, 7) is 5.09. The Balaban J connectivity index is 0.000000154. The van der Waals surface area contributed by atoms with E-state index >= 15 is 0 Å². The van der Waals surface area contributed by atoms with Crippen molar-refractivity contribution in [3.63, 3.8) is 0 Å². The molecular weight excluding hydrogens is 669 g/mol. The Bertz CT molecular complexity index is 1230.